The number of hydrogen-bond acceptors (Lipinski definition) is 4. The van der Waals surface area contributed by atoms with E-state index < -0.39 is 10.1 Å². The van der Waals surface area contributed by atoms with E-state index in [1.165, 1.54) is 76.7 Å². The van der Waals surface area contributed by atoms with Crippen molar-refractivity contribution >= 4 is 16.0 Å². The predicted octanol–water partition coefficient (Wildman–Crippen LogP) is 1.67. The standard InChI is InChI=1S/C20H39NO4S.Na/c1-2-3-4-5-6-7-8-9-10-11-12-13-14-15-17-20(22)21-18-16-19-26(23,24)25;/h15,17H,2-14,16,18-19H2,1H3,(H,21,22)(H,23,24,25);/q;+1/p-1/b17-15+;. The molecule has 0 spiro atoms. The molecule has 0 aromatic rings. The Labute approximate surface area is 189 Å². The van der Waals surface area contributed by atoms with Crippen molar-refractivity contribution in [2.75, 3.05) is 12.3 Å². The van der Waals surface area contributed by atoms with Crippen LogP contribution < -0.4 is 34.7 Å². The first kappa shape index (κ1) is 29.3. The maximum atomic E-state index is 11.4. The van der Waals surface area contributed by atoms with Crippen molar-refractivity contribution in [1.82, 2.24) is 0 Å². The summed E-state index contributed by atoms with van der Waals surface area (Å²) >= 11 is 0. The van der Waals surface area contributed by atoms with Gasteiger partial charge in [0.05, 0.1) is 5.75 Å². The Kier molecular flexibility index (Phi) is 22.6. The quantitative estimate of drug-likeness (QED) is 0.122. The average molecular weight is 412 g/mol. The van der Waals surface area contributed by atoms with Crippen LogP contribution in [0.25, 0.3) is 0 Å². The zero-order valence-corrected chi connectivity index (χ0v) is 20.3. The van der Waals surface area contributed by atoms with E-state index >= 15 is 0 Å². The van der Waals surface area contributed by atoms with Gasteiger partial charge in [-0.3, -0.25) is 4.55 Å². The maximum absolute atomic E-state index is 11.4. The van der Waals surface area contributed by atoms with E-state index in [2.05, 4.69) is 11.9 Å². The zero-order chi connectivity index (χ0) is 19.5. The molecule has 0 unspecified atom stereocenters. The first-order chi connectivity index (χ1) is 12.5. The summed E-state index contributed by atoms with van der Waals surface area (Å²) < 4.78 is 29.6. The molecule has 0 radical (unpaired) electrons. The minimum atomic E-state index is -3.95. The van der Waals surface area contributed by atoms with Crippen molar-refractivity contribution in [3.05, 3.63) is 12.2 Å². The van der Waals surface area contributed by atoms with Gasteiger partial charge >= 0.3 is 29.6 Å². The number of unbranched alkanes of at least 4 members (excludes halogenated alkanes) is 12. The Balaban J connectivity index is 0. The summed E-state index contributed by atoms with van der Waals surface area (Å²) in [5, 5.41) is 11.4. The molecule has 0 heterocycles. The van der Waals surface area contributed by atoms with E-state index in [-0.39, 0.29) is 54.2 Å². The van der Waals surface area contributed by atoms with E-state index in [1.54, 1.807) is 0 Å². The van der Waals surface area contributed by atoms with Crippen molar-refractivity contribution in [3.63, 3.8) is 0 Å². The summed E-state index contributed by atoms with van der Waals surface area (Å²) in [6, 6.07) is 0. The van der Waals surface area contributed by atoms with Crippen LogP contribution in [-0.4, -0.2) is 31.2 Å². The number of allylic oxidation sites excluding steroid dienone is 1. The van der Waals surface area contributed by atoms with Crippen LogP contribution >= 0.6 is 0 Å². The molecule has 0 amide bonds. The number of rotatable bonds is 18. The van der Waals surface area contributed by atoms with Crippen LogP contribution in [-0.2, 0) is 10.1 Å². The summed E-state index contributed by atoms with van der Waals surface area (Å²) in [6.45, 7) is 2.38. The van der Waals surface area contributed by atoms with Gasteiger partial charge in [0.1, 0.15) is 0 Å². The first-order valence-electron chi connectivity index (χ1n) is 10.3. The third kappa shape index (κ3) is 26.1. The van der Waals surface area contributed by atoms with Gasteiger partial charge in [-0.25, -0.2) is 0 Å². The van der Waals surface area contributed by atoms with Gasteiger partial charge in [0, 0.05) is 6.54 Å². The smallest absolute Gasteiger partial charge is 0.859 e. The van der Waals surface area contributed by atoms with Gasteiger partial charge < -0.3 is 10.1 Å². The molecule has 0 saturated heterocycles. The second kappa shape index (κ2) is 20.8. The second-order valence-corrected chi connectivity index (χ2v) is 8.51. The molecule has 0 aliphatic carbocycles. The first-order valence-corrected chi connectivity index (χ1v) is 11.9. The fourth-order valence-electron chi connectivity index (χ4n) is 2.78. The molecular weight excluding hydrogens is 373 g/mol. The molecule has 154 valence electrons. The van der Waals surface area contributed by atoms with Gasteiger partial charge in [0.2, 0.25) is 0 Å². The molecule has 0 aromatic heterocycles. The minimum Gasteiger partial charge on any atom is -0.859 e. The monoisotopic (exact) mass is 411 g/mol. The van der Waals surface area contributed by atoms with Crippen molar-refractivity contribution in [1.29, 1.82) is 0 Å². The van der Waals surface area contributed by atoms with E-state index in [9.17, 15) is 13.5 Å². The summed E-state index contributed by atoms with van der Waals surface area (Å²) in [5.74, 6) is -0.689. The van der Waals surface area contributed by atoms with E-state index in [0.29, 0.717) is 0 Å². The summed E-state index contributed by atoms with van der Waals surface area (Å²) in [7, 11) is -3.95. The van der Waals surface area contributed by atoms with Gasteiger partial charge in [-0.2, -0.15) is 8.42 Å². The van der Waals surface area contributed by atoms with Gasteiger partial charge in [0.15, 0.2) is 0 Å². The molecule has 0 rings (SSSR count). The minimum absolute atomic E-state index is 0. The Morgan fingerprint density at radius 1 is 0.889 bits per heavy atom. The van der Waals surface area contributed by atoms with Crippen LogP contribution in [0.3, 0.4) is 0 Å². The van der Waals surface area contributed by atoms with E-state index in [0.717, 1.165) is 12.8 Å². The summed E-state index contributed by atoms with van der Waals surface area (Å²) in [4.78, 5) is 3.73. The third-order valence-electron chi connectivity index (χ3n) is 4.31. The Hall–Kier alpha value is 0.120. The Morgan fingerprint density at radius 3 is 1.85 bits per heavy atom. The van der Waals surface area contributed by atoms with Crippen molar-refractivity contribution in [2.24, 2.45) is 4.99 Å². The molecule has 0 aromatic carbocycles. The average Bonchev–Trinajstić information content (AvgIpc) is 2.58. The van der Waals surface area contributed by atoms with Gasteiger partial charge in [-0.05, 0) is 25.2 Å². The molecule has 0 saturated carbocycles. The molecule has 1 N–H and O–H groups in total. The fraction of sp³-hybridized carbons (Fsp3) is 0.850. The molecule has 27 heavy (non-hydrogen) atoms. The molecule has 0 atom stereocenters. The largest absolute Gasteiger partial charge is 1.00 e. The summed E-state index contributed by atoms with van der Waals surface area (Å²) in [5.41, 5.74) is 0. The topological polar surface area (TPSA) is 89.8 Å². The van der Waals surface area contributed by atoms with Gasteiger partial charge in [-0.15, -0.1) is 0 Å². The number of nitrogens with zero attached hydrogens (tertiary/aromatic N) is 1. The fourth-order valence-corrected chi connectivity index (χ4v) is 3.27. The molecule has 0 aliphatic rings. The molecular formula is C20H38NNaO4S. The SMILES string of the molecule is CCCCCCCCCCCCCC/C=C/C([O-])=NCCCS(=O)(=O)O.[Na+]. The zero-order valence-electron chi connectivity index (χ0n) is 17.5. The van der Waals surface area contributed by atoms with Gasteiger partial charge in [0.25, 0.3) is 10.1 Å². The Morgan fingerprint density at radius 2 is 1.37 bits per heavy atom. The Bertz CT molecular complexity index is 478. The van der Waals surface area contributed by atoms with Crippen molar-refractivity contribution in [2.45, 2.75) is 96.8 Å². The predicted molar refractivity (Wildman–Crippen MR) is 108 cm³/mol. The number of aliphatic imine (C=N–C) groups is 1. The van der Waals surface area contributed by atoms with Crippen LogP contribution in [0, 0.1) is 0 Å². The van der Waals surface area contributed by atoms with E-state index in [1.807, 2.05) is 6.08 Å². The van der Waals surface area contributed by atoms with Crippen molar-refractivity contribution < 1.29 is 47.6 Å². The molecule has 7 heteroatoms. The molecule has 0 fully saturated rings. The second-order valence-electron chi connectivity index (χ2n) is 6.94. The van der Waals surface area contributed by atoms with Crippen LogP contribution in [0.2, 0.25) is 0 Å². The normalized spacial score (nSPS) is 12.4. The maximum Gasteiger partial charge on any atom is 1.00 e. The van der Waals surface area contributed by atoms with E-state index in [4.69, 9.17) is 4.55 Å². The number of hydrogen-bond donors (Lipinski definition) is 1. The molecule has 0 bridgehead atoms. The summed E-state index contributed by atoms with van der Waals surface area (Å²) in [6.07, 6.45) is 20.1. The molecule has 5 nitrogen and oxygen atoms in total. The van der Waals surface area contributed by atoms with Gasteiger partial charge in [-0.1, -0.05) is 89.7 Å². The van der Waals surface area contributed by atoms with Crippen LogP contribution in [0.5, 0.6) is 0 Å². The third-order valence-corrected chi connectivity index (χ3v) is 5.12. The van der Waals surface area contributed by atoms with Crippen molar-refractivity contribution in [3.8, 4) is 0 Å². The van der Waals surface area contributed by atoms with Crippen LogP contribution in [0.1, 0.15) is 96.8 Å². The van der Waals surface area contributed by atoms with Crippen LogP contribution in [0.15, 0.2) is 17.1 Å². The molecule has 0 aliphatic heterocycles. The van der Waals surface area contributed by atoms with Crippen LogP contribution in [0.4, 0.5) is 0 Å².